The number of fused-ring (bicyclic) bond motifs is 1. The molecule has 1 aliphatic carbocycles. The van der Waals surface area contributed by atoms with Gasteiger partial charge in [0.1, 0.15) is 9.77 Å². The number of rotatable bonds is 3. The van der Waals surface area contributed by atoms with Crippen molar-refractivity contribution in [3.8, 4) is 0 Å². The molecule has 1 aromatic heterocycles. The predicted molar refractivity (Wildman–Crippen MR) is 77.2 cm³/mol. The van der Waals surface area contributed by atoms with Crippen molar-refractivity contribution >= 4 is 27.3 Å². The molecule has 2 atom stereocenters. The van der Waals surface area contributed by atoms with Gasteiger partial charge in [0, 0.05) is 6.54 Å². The number of hydrogen-bond acceptors (Lipinski definition) is 5. The Morgan fingerprint density at radius 2 is 2.14 bits per heavy atom. The molecule has 1 aliphatic heterocycles. The van der Waals surface area contributed by atoms with Crippen LogP contribution in [-0.4, -0.2) is 49.1 Å². The molecule has 1 saturated heterocycles. The molecule has 8 heteroatoms. The molecule has 0 spiro atoms. The van der Waals surface area contributed by atoms with Crippen LogP contribution in [0.3, 0.4) is 0 Å². The highest BCUT2D eigenvalue weighted by Crippen LogP contribution is 2.34. The number of morpholine rings is 1. The second-order valence-corrected chi connectivity index (χ2v) is 8.07. The Labute approximate surface area is 127 Å². The van der Waals surface area contributed by atoms with Gasteiger partial charge in [-0.05, 0) is 24.3 Å². The number of thiophene rings is 1. The quantitative estimate of drug-likeness (QED) is 0.913. The number of hydrogen-bond donors (Lipinski definition) is 1. The summed E-state index contributed by atoms with van der Waals surface area (Å²) >= 11 is 0.941. The normalized spacial score (nSPS) is 27.2. The highest BCUT2D eigenvalue weighted by Gasteiger charge is 2.42. The van der Waals surface area contributed by atoms with E-state index in [0.717, 1.165) is 37.0 Å². The minimum atomic E-state index is -3.78. The molecule has 0 unspecified atom stereocenters. The SMILES string of the molecule is O=C(O)c1sccc1S(=O)(=O)N1CCO[C@H]2CCCC[C@H]21. The molecule has 0 radical (unpaired) electrons. The zero-order valence-corrected chi connectivity index (χ0v) is 13.0. The fraction of sp³-hybridized carbons (Fsp3) is 0.615. The maximum atomic E-state index is 12.8. The van der Waals surface area contributed by atoms with Gasteiger partial charge in [0.15, 0.2) is 0 Å². The standard InChI is InChI=1S/C13H17NO5S2/c15-13(16)12-11(5-8-20-12)21(17,18)14-6-7-19-10-4-2-1-3-9(10)14/h5,8-10H,1-4,6-7H2,(H,15,16)/t9-,10+/m1/s1. The molecule has 116 valence electrons. The number of carbonyl (C=O) groups is 1. The molecule has 2 aliphatic rings. The van der Waals surface area contributed by atoms with E-state index in [-0.39, 0.29) is 21.9 Å². The Kier molecular flexibility index (Phi) is 4.04. The topological polar surface area (TPSA) is 83.9 Å². The van der Waals surface area contributed by atoms with Crippen molar-refractivity contribution in [1.82, 2.24) is 4.31 Å². The molecule has 0 aromatic carbocycles. The third-order valence-corrected chi connectivity index (χ3v) is 7.09. The maximum Gasteiger partial charge on any atom is 0.347 e. The summed E-state index contributed by atoms with van der Waals surface area (Å²) in [4.78, 5) is 11.0. The first-order valence-corrected chi connectivity index (χ1v) is 9.28. The molecule has 0 amide bonds. The molecule has 21 heavy (non-hydrogen) atoms. The van der Waals surface area contributed by atoms with Gasteiger partial charge in [-0.25, -0.2) is 13.2 Å². The Morgan fingerprint density at radius 1 is 1.38 bits per heavy atom. The fourth-order valence-corrected chi connectivity index (χ4v) is 6.04. The van der Waals surface area contributed by atoms with Crippen molar-refractivity contribution < 1.29 is 23.1 Å². The minimum absolute atomic E-state index is 0.0609. The van der Waals surface area contributed by atoms with E-state index in [2.05, 4.69) is 0 Å². The molecule has 1 N–H and O–H groups in total. The Bertz CT molecular complexity index is 637. The predicted octanol–water partition coefficient (Wildman–Crippen LogP) is 1.78. The van der Waals surface area contributed by atoms with Gasteiger partial charge >= 0.3 is 5.97 Å². The number of ether oxygens (including phenoxy) is 1. The average molecular weight is 331 g/mol. The number of carboxylic acid groups (broad SMARTS) is 1. The number of carboxylic acids is 1. The van der Waals surface area contributed by atoms with Gasteiger partial charge < -0.3 is 9.84 Å². The third-order valence-electron chi connectivity index (χ3n) is 4.09. The molecule has 0 bridgehead atoms. The van der Waals surface area contributed by atoms with Gasteiger partial charge in [0.05, 0.1) is 18.8 Å². The first-order chi connectivity index (χ1) is 10.0. The summed E-state index contributed by atoms with van der Waals surface area (Å²) in [7, 11) is -3.78. The smallest absolute Gasteiger partial charge is 0.347 e. The van der Waals surface area contributed by atoms with E-state index in [4.69, 9.17) is 9.84 Å². The summed E-state index contributed by atoms with van der Waals surface area (Å²) in [5.41, 5.74) is 0. The van der Waals surface area contributed by atoms with Crippen LogP contribution >= 0.6 is 11.3 Å². The zero-order valence-electron chi connectivity index (χ0n) is 11.4. The van der Waals surface area contributed by atoms with E-state index in [1.54, 1.807) is 0 Å². The van der Waals surface area contributed by atoms with Gasteiger partial charge in [0.25, 0.3) is 0 Å². The van der Waals surface area contributed by atoms with Gasteiger partial charge in [-0.15, -0.1) is 11.3 Å². The van der Waals surface area contributed by atoms with Gasteiger partial charge in [-0.2, -0.15) is 4.31 Å². The van der Waals surface area contributed by atoms with Crippen molar-refractivity contribution in [2.24, 2.45) is 0 Å². The molecular weight excluding hydrogens is 314 g/mol. The number of nitrogens with zero attached hydrogens (tertiary/aromatic N) is 1. The Balaban J connectivity index is 1.97. The van der Waals surface area contributed by atoms with Crippen molar-refractivity contribution in [1.29, 1.82) is 0 Å². The van der Waals surface area contributed by atoms with E-state index in [9.17, 15) is 13.2 Å². The van der Waals surface area contributed by atoms with E-state index in [0.29, 0.717) is 13.2 Å². The van der Waals surface area contributed by atoms with Crippen molar-refractivity contribution in [3.05, 3.63) is 16.3 Å². The van der Waals surface area contributed by atoms with Gasteiger partial charge in [0.2, 0.25) is 10.0 Å². The summed E-state index contributed by atoms with van der Waals surface area (Å²) in [6.07, 6.45) is 3.61. The summed E-state index contributed by atoms with van der Waals surface area (Å²) in [6, 6.07) is 1.22. The van der Waals surface area contributed by atoms with Crippen LogP contribution in [0.2, 0.25) is 0 Å². The summed E-state index contributed by atoms with van der Waals surface area (Å²) < 4.78 is 32.8. The second kappa shape index (κ2) is 5.68. The van der Waals surface area contributed by atoms with Crippen LogP contribution in [0, 0.1) is 0 Å². The summed E-state index contributed by atoms with van der Waals surface area (Å²) in [5, 5.41) is 10.7. The minimum Gasteiger partial charge on any atom is -0.477 e. The number of aromatic carboxylic acids is 1. The van der Waals surface area contributed by atoms with Crippen molar-refractivity contribution in [2.75, 3.05) is 13.2 Å². The van der Waals surface area contributed by atoms with Crippen molar-refractivity contribution in [3.63, 3.8) is 0 Å². The van der Waals surface area contributed by atoms with Crippen LogP contribution in [-0.2, 0) is 14.8 Å². The van der Waals surface area contributed by atoms with Crippen LogP contribution in [0.4, 0.5) is 0 Å². The lowest BCUT2D eigenvalue weighted by Crippen LogP contribution is -2.54. The third kappa shape index (κ3) is 2.61. The second-order valence-electron chi connectivity index (χ2n) is 5.30. The van der Waals surface area contributed by atoms with Crippen molar-refractivity contribution in [2.45, 2.75) is 42.7 Å². The monoisotopic (exact) mass is 331 g/mol. The van der Waals surface area contributed by atoms with Crippen LogP contribution in [0.5, 0.6) is 0 Å². The first-order valence-electron chi connectivity index (χ1n) is 6.96. The average Bonchev–Trinajstić information content (AvgIpc) is 2.97. The van der Waals surface area contributed by atoms with Gasteiger partial charge in [-0.1, -0.05) is 12.8 Å². The molecule has 6 nitrogen and oxygen atoms in total. The van der Waals surface area contributed by atoms with E-state index in [1.807, 2.05) is 0 Å². The molecule has 2 fully saturated rings. The Hall–Kier alpha value is -0.960. The Morgan fingerprint density at radius 3 is 2.90 bits per heavy atom. The molecule has 2 heterocycles. The lowest BCUT2D eigenvalue weighted by molar-refractivity contribution is -0.0586. The van der Waals surface area contributed by atoms with Crippen LogP contribution in [0.25, 0.3) is 0 Å². The summed E-state index contributed by atoms with van der Waals surface area (Å²) in [5.74, 6) is -1.20. The zero-order chi connectivity index (χ0) is 15.0. The molecular formula is C13H17NO5S2. The van der Waals surface area contributed by atoms with E-state index >= 15 is 0 Å². The molecule has 1 saturated carbocycles. The van der Waals surface area contributed by atoms with E-state index in [1.165, 1.54) is 15.8 Å². The van der Waals surface area contributed by atoms with Crippen LogP contribution in [0.15, 0.2) is 16.3 Å². The lowest BCUT2D eigenvalue weighted by Gasteiger charge is -2.42. The van der Waals surface area contributed by atoms with E-state index < -0.39 is 16.0 Å². The molecule has 3 rings (SSSR count). The largest absolute Gasteiger partial charge is 0.477 e. The lowest BCUT2D eigenvalue weighted by atomic mass is 9.91. The summed E-state index contributed by atoms with van der Waals surface area (Å²) in [6.45, 7) is 0.658. The highest BCUT2D eigenvalue weighted by molar-refractivity contribution is 7.89. The number of sulfonamides is 1. The molecule has 1 aromatic rings. The van der Waals surface area contributed by atoms with Gasteiger partial charge in [-0.3, -0.25) is 0 Å². The first kappa shape index (κ1) is 15.0. The van der Waals surface area contributed by atoms with Crippen LogP contribution in [0.1, 0.15) is 35.4 Å². The fourth-order valence-electron chi connectivity index (χ4n) is 3.14. The highest BCUT2D eigenvalue weighted by atomic mass is 32.2. The van der Waals surface area contributed by atoms with Crippen LogP contribution < -0.4 is 0 Å². The maximum absolute atomic E-state index is 12.8.